The maximum Gasteiger partial charge on any atom is 0.247 e. The van der Waals surface area contributed by atoms with E-state index in [9.17, 15) is 9.59 Å². The summed E-state index contributed by atoms with van der Waals surface area (Å²) < 4.78 is 5.10. The number of anilines is 1. The predicted molar refractivity (Wildman–Crippen MR) is 90.4 cm³/mol. The van der Waals surface area contributed by atoms with Gasteiger partial charge >= 0.3 is 0 Å². The molecule has 5 nitrogen and oxygen atoms in total. The third-order valence-corrected chi connectivity index (χ3v) is 4.17. The molecule has 2 rings (SSSR count). The van der Waals surface area contributed by atoms with E-state index in [1.807, 2.05) is 0 Å². The quantitative estimate of drug-likeness (QED) is 0.877. The second kappa shape index (κ2) is 7.99. The second-order valence-electron chi connectivity index (χ2n) is 6.40. The van der Waals surface area contributed by atoms with E-state index in [1.54, 1.807) is 36.3 Å². The molecule has 1 atom stereocenters. The van der Waals surface area contributed by atoms with Gasteiger partial charge in [0, 0.05) is 18.7 Å². The number of amides is 2. The van der Waals surface area contributed by atoms with Gasteiger partial charge in [-0.25, -0.2) is 0 Å². The van der Waals surface area contributed by atoms with Crippen LogP contribution < -0.4 is 10.1 Å². The molecule has 1 aliphatic heterocycles. The Hall–Kier alpha value is -2.04. The number of ether oxygens (including phenoxy) is 1. The van der Waals surface area contributed by atoms with Crippen molar-refractivity contribution in [2.24, 2.45) is 5.92 Å². The van der Waals surface area contributed by atoms with Crippen molar-refractivity contribution in [1.29, 1.82) is 0 Å². The van der Waals surface area contributed by atoms with Crippen molar-refractivity contribution in [1.82, 2.24) is 4.90 Å². The Bertz CT molecular complexity index is 540. The molecule has 1 aliphatic rings. The molecular formula is C18H26N2O3. The predicted octanol–water partition coefficient (Wildman–Crippen LogP) is 3.06. The minimum atomic E-state index is -0.350. The van der Waals surface area contributed by atoms with Crippen LogP contribution in [0.5, 0.6) is 5.75 Å². The molecule has 0 aromatic heterocycles. The lowest BCUT2D eigenvalue weighted by Crippen LogP contribution is -2.43. The van der Waals surface area contributed by atoms with Crippen molar-refractivity contribution in [3.8, 4) is 5.75 Å². The molecule has 0 radical (unpaired) electrons. The molecule has 0 aliphatic carbocycles. The summed E-state index contributed by atoms with van der Waals surface area (Å²) in [6, 6.07) is 6.86. The monoisotopic (exact) mass is 318 g/mol. The average Bonchev–Trinajstić information content (AvgIpc) is 3.03. The number of hydrogen-bond acceptors (Lipinski definition) is 3. The first-order valence-corrected chi connectivity index (χ1v) is 8.25. The molecule has 1 aromatic carbocycles. The number of benzene rings is 1. The van der Waals surface area contributed by atoms with Crippen LogP contribution in [0.25, 0.3) is 0 Å². The van der Waals surface area contributed by atoms with Crippen molar-refractivity contribution in [3.63, 3.8) is 0 Å². The lowest BCUT2D eigenvalue weighted by atomic mass is 10.1. The van der Waals surface area contributed by atoms with Crippen LogP contribution in [-0.2, 0) is 9.59 Å². The fraction of sp³-hybridized carbons (Fsp3) is 0.556. The zero-order chi connectivity index (χ0) is 16.8. The molecule has 5 heteroatoms. The van der Waals surface area contributed by atoms with Crippen LogP contribution in [0.4, 0.5) is 5.69 Å². The smallest absolute Gasteiger partial charge is 0.247 e. The Labute approximate surface area is 138 Å². The number of methoxy groups -OCH3 is 1. The lowest BCUT2D eigenvalue weighted by Gasteiger charge is -2.24. The van der Waals surface area contributed by atoms with Crippen LogP contribution in [0.1, 0.15) is 39.5 Å². The molecule has 2 amide bonds. The third-order valence-electron chi connectivity index (χ3n) is 4.17. The summed E-state index contributed by atoms with van der Waals surface area (Å²) in [6.45, 7) is 4.88. The van der Waals surface area contributed by atoms with Crippen molar-refractivity contribution in [3.05, 3.63) is 24.3 Å². The maximum absolute atomic E-state index is 12.5. The Morgan fingerprint density at radius 1 is 1.30 bits per heavy atom. The molecule has 0 unspecified atom stereocenters. The highest BCUT2D eigenvalue weighted by Crippen LogP contribution is 2.22. The SMILES string of the molecule is COc1ccc(NC(=O)[C@H]2CCCN2C(=O)CCC(C)C)cc1. The molecule has 0 spiro atoms. The van der Waals surface area contributed by atoms with E-state index >= 15 is 0 Å². The summed E-state index contributed by atoms with van der Waals surface area (Å²) in [7, 11) is 1.60. The Balaban J connectivity index is 1.95. The maximum atomic E-state index is 12.5. The topological polar surface area (TPSA) is 58.6 Å². The number of nitrogens with zero attached hydrogens (tertiary/aromatic N) is 1. The van der Waals surface area contributed by atoms with Crippen LogP contribution in [0, 0.1) is 5.92 Å². The molecule has 1 fully saturated rings. The second-order valence-corrected chi connectivity index (χ2v) is 6.40. The molecule has 1 saturated heterocycles. The molecule has 126 valence electrons. The molecule has 0 bridgehead atoms. The van der Waals surface area contributed by atoms with Gasteiger partial charge in [-0.2, -0.15) is 0 Å². The van der Waals surface area contributed by atoms with E-state index in [1.165, 1.54) is 0 Å². The van der Waals surface area contributed by atoms with Crippen molar-refractivity contribution < 1.29 is 14.3 Å². The standard InChI is InChI=1S/C18H26N2O3/c1-13(2)6-11-17(21)20-12-4-5-16(20)18(22)19-14-7-9-15(23-3)10-8-14/h7-10,13,16H,4-6,11-12H2,1-3H3,(H,19,22)/t16-/m1/s1. The van der Waals surface area contributed by atoms with Crippen LogP contribution in [0.3, 0.4) is 0 Å². The van der Waals surface area contributed by atoms with Gasteiger partial charge in [0.15, 0.2) is 0 Å². The summed E-state index contributed by atoms with van der Waals surface area (Å²) in [5.41, 5.74) is 0.720. The average molecular weight is 318 g/mol. The summed E-state index contributed by atoms with van der Waals surface area (Å²) in [5, 5.41) is 2.90. The minimum Gasteiger partial charge on any atom is -0.497 e. The van der Waals surface area contributed by atoms with Gasteiger partial charge < -0.3 is 15.0 Å². The minimum absolute atomic E-state index is 0.0890. The molecule has 1 heterocycles. The van der Waals surface area contributed by atoms with Gasteiger partial charge in [-0.1, -0.05) is 13.8 Å². The summed E-state index contributed by atoms with van der Waals surface area (Å²) in [6.07, 6.45) is 3.00. The zero-order valence-corrected chi connectivity index (χ0v) is 14.2. The highest BCUT2D eigenvalue weighted by molar-refractivity contribution is 5.97. The lowest BCUT2D eigenvalue weighted by molar-refractivity contribution is -0.136. The summed E-state index contributed by atoms with van der Waals surface area (Å²) in [4.78, 5) is 26.6. The van der Waals surface area contributed by atoms with Crippen LogP contribution >= 0.6 is 0 Å². The van der Waals surface area contributed by atoms with E-state index in [0.29, 0.717) is 18.9 Å². The summed E-state index contributed by atoms with van der Waals surface area (Å²) in [5.74, 6) is 1.22. The number of hydrogen-bond donors (Lipinski definition) is 1. The van der Waals surface area contributed by atoms with Gasteiger partial charge in [-0.15, -0.1) is 0 Å². The fourth-order valence-corrected chi connectivity index (χ4v) is 2.79. The Morgan fingerprint density at radius 3 is 2.61 bits per heavy atom. The van der Waals surface area contributed by atoms with Crippen LogP contribution in [-0.4, -0.2) is 36.4 Å². The third kappa shape index (κ3) is 4.71. The first-order valence-electron chi connectivity index (χ1n) is 8.25. The normalized spacial score (nSPS) is 17.4. The first kappa shape index (κ1) is 17.3. The van der Waals surface area contributed by atoms with Gasteiger partial charge in [0.1, 0.15) is 11.8 Å². The molecular weight excluding hydrogens is 292 g/mol. The van der Waals surface area contributed by atoms with Crippen LogP contribution in [0.2, 0.25) is 0 Å². The number of rotatable bonds is 6. The molecule has 23 heavy (non-hydrogen) atoms. The fourth-order valence-electron chi connectivity index (χ4n) is 2.79. The van der Waals surface area contributed by atoms with Crippen molar-refractivity contribution >= 4 is 17.5 Å². The highest BCUT2D eigenvalue weighted by Gasteiger charge is 2.33. The van der Waals surface area contributed by atoms with E-state index in [2.05, 4.69) is 19.2 Å². The number of carbonyl (C=O) groups is 2. The first-order chi connectivity index (χ1) is 11.0. The van der Waals surface area contributed by atoms with Crippen molar-refractivity contribution in [2.75, 3.05) is 19.0 Å². The number of nitrogens with one attached hydrogen (secondary N) is 1. The van der Waals surface area contributed by atoms with E-state index in [-0.39, 0.29) is 17.9 Å². The molecule has 1 N–H and O–H groups in total. The van der Waals surface area contributed by atoms with E-state index < -0.39 is 0 Å². The largest absolute Gasteiger partial charge is 0.497 e. The van der Waals surface area contributed by atoms with Gasteiger partial charge in [-0.3, -0.25) is 9.59 Å². The zero-order valence-electron chi connectivity index (χ0n) is 14.2. The van der Waals surface area contributed by atoms with Gasteiger partial charge in [-0.05, 0) is 49.4 Å². The molecule has 1 aromatic rings. The molecule has 0 saturated carbocycles. The Morgan fingerprint density at radius 2 is 2.00 bits per heavy atom. The van der Waals surface area contributed by atoms with E-state index in [0.717, 1.165) is 30.7 Å². The summed E-state index contributed by atoms with van der Waals surface area (Å²) >= 11 is 0. The van der Waals surface area contributed by atoms with Crippen molar-refractivity contribution in [2.45, 2.75) is 45.6 Å². The Kier molecular flexibility index (Phi) is 6.02. The highest BCUT2D eigenvalue weighted by atomic mass is 16.5. The van der Waals surface area contributed by atoms with Crippen LogP contribution in [0.15, 0.2) is 24.3 Å². The number of carbonyl (C=O) groups excluding carboxylic acids is 2. The number of likely N-dealkylation sites (tertiary alicyclic amines) is 1. The van der Waals surface area contributed by atoms with Gasteiger partial charge in [0.25, 0.3) is 0 Å². The van der Waals surface area contributed by atoms with Gasteiger partial charge in [0.2, 0.25) is 11.8 Å². The van der Waals surface area contributed by atoms with Gasteiger partial charge in [0.05, 0.1) is 7.11 Å². The van der Waals surface area contributed by atoms with E-state index in [4.69, 9.17) is 4.74 Å².